The molecule has 1 atom stereocenters. The first kappa shape index (κ1) is 14.3. The summed E-state index contributed by atoms with van der Waals surface area (Å²) in [5.74, 6) is 0.896. The average Bonchev–Trinajstić information content (AvgIpc) is 2.52. The molecule has 2 aromatic rings. The first-order chi connectivity index (χ1) is 9.81. The molecule has 0 aliphatic heterocycles. The molecule has 1 N–H and O–H groups in total. The third-order valence-electron chi connectivity index (χ3n) is 3.06. The van der Waals surface area contributed by atoms with Crippen LogP contribution in [0.15, 0.2) is 61.3 Å². The van der Waals surface area contributed by atoms with Gasteiger partial charge in [-0.1, -0.05) is 36.9 Å². The van der Waals surface area contributed by atoms with E-state index in [1.165, 1.54) is 0 Å². The number of benzene rings is 1. The number of pyridine rings is 1. The molecule has 0 radical (unpaired) electrons. The molecule has 0 fully saturated rings. The molecule has 0 saturated carbocycles. The van der Waals surface area contributed by atoms with Gasteiger partial charge in [0.1, 0.15) is 12.4 Å². The van der Waals surface area contributed by atoms with Crippen LogP contribution in [-0.4, -0.2) is 11.6 Å². The smallest absolute Gasteiger partial charge is 0.124 e. The molecule has 3 heteroatoms. The maximum Gasteiger partial charge on any atom is 0.124 e. The summed E-state index contributed by atoms with van der Waals surface area (Å²) in [7, 11) is 0. The van der Waals surface area contributed by atoms with E-state index in [1.807, 2.05) is 42.6 Å². The molecule has 1 aromatic carbocycles. The van der Waals surface area contributed by atoms with Crippen molar-refractivity contribution in [2.75, 3.05) is 6.61 Å². The standard InChI is InChI=1S/C17H20N2O/c1-3-12-20-17-10-5-4-8-15(17)13-19-14(2)16-9-6-7-11-18-16/h3-11,14,19H,1,12-13H2,2H3/t14-/m0/s1. The highest BCUT2D eigenvalue weighted by Gasteiger charge is 2.07. The SMILES string of the molecule is C=CCOc1ccccc1CN[C@@H](C)c1ccccn1. The van der Waals surface area contributed by atoms with E-state index in [0.717, 1.165) is 23.6 Å². The first-order valence-electron chi connectivity index (χ1n) is 6.77. The van der Waals surface area contributed by atoms with Gasteiger partial charge in [-0.05, 0) is 25.1 Å². The summed E-state index contributed by atoms with van der Waals surface area (Å²) in [6, 6.07) is 14.2. The Hall–Kier alpha value is -2.13. The lowest BCUT2D eigenvalue weighted by molar-refractivity contribution is 0.357. The summed E-state index contributed by atoms with van der Waals surface area (Å²) in [4.78, 5) is 4.36. The number of rotatable bonds is 7. The van der Waals surface area contributed by atoms with Crippen molar-refractivity contribution < 1.29 is 4.74 Å². The van der Waals surface area contributed by atoms with E-state index < -0.39 is 0 Å². The van der Waals surface area contributed by atoms with Crippen LogP contribution in [-0.2, 0) is 6.54 Å². The van der Waals surface area contributed by atoms with E-state index in [9.17, 15) is 0 Å². The van der Waals surface area contributed by atoms with Gasteiger partial charge >= 0.3 is 0 Å². The second kappa shape index (κ2) is 7.46. The van der Waals surface area contributed by atoms with Gasteiger partial charge in [0, 0.05) is 24.3 Å². The van der Waals surface area contributed by atoms with Crippen LogP contribution in [0.4, 0.5) is 0 Å². The number of hydrogen-bond donors (Lipinski definition) is 1. The largest absolute Gasteiger partial charge is 0.489 e. The molecule has 2 rings (SSSR count). The van der Waals surface area contributed by atoms with E-state index in [4.69, 9.17) is 4.74 Å². The number of hydrogen-bond acceptors (Lipinski definition) is 3. The summed E-state index contributed by atoms with van der Waals surface area (Å²) >= 11 is 0. The Bertz CT molecular complexity index is 540. The van der Waals surface area contributed by atoms with Gasteiger partial charge in [-0.3, -0.25) is 4.98 Å². The van der Waals surface area contributed by atoms with Crippen molar-refractivity contribution in [2.24, 2.45) is 0 Å². The molecule has 0 spiro atoms. The predicted molar refractivity (Wildman–Crippen MR) is 81.6 cm³/mol. The van der Waals surface area contributed by atoms with Gasteiger partial charge in [-0.15, -0.1) is 0 Å². The molecular formula is C17H20N2O. The van der Waals surface area contributed by atoms with Gasteiger partial charge in [0.2, 0.25) is 0 Å². The van der Waals surface area contributed by atoms with Gasteiger partial charge < -0.3 is 10.1 Å². The fourth-order valence-electron chi connectivity index (χ4n) is 1.94. The average molecular weight is 268 g/mol. The Morgan fingerprint density at radius 1 is 1.25 bits per heavy atom. The Balaban J connectivity index is 1.98. The molecule has 0 aliphatic carbocycles. The van der Waals surface area contributed by atoms with Crippen molar-refractivity contribution in [3.05, 3.63) is 72.6 Å². The van der Waals surface area contributed by atoms with Crippen molar-refractivity contribution in [3.63, 3.8) is 0 Å². The van der Waals surface area contributed by atoms with E-state index in [1.54, 1.807) is 6.08 Å². The molecule has 0 amide bonds. The molecular weight excluding hydrogens is 248 g/mol. The van der Waals surface area contributed by atoms with E-state index in [0.29, 0.717) is 6.61 Å². The van der Waals surface area contributed by atoms with Crippen LogP contribution < -0.4 is 10.1 Å². The van der Waals surface area contributed by atoms with Crippen molar-refractivity contribution in [2.45, 2.75) is 19.5 Å². The lowest BCUT2D eigenvalue weighted by Gasteiger charge is -2.15. The highest BCUT2D eigenvalue weighted by atomic mass is 16.5. The van der Waals surface area contributed by atoms with E-state index in [-0.39, 0.29) is 6.04 Å². The summed E-state index contributed by atoms with van der Waals surface area (Å²) in [6.07, 6.45) is 3.56. The second-order valence-corrected chi connectivity index (χ2v) is 4.56. The Kier molecular flexibility index (Phi) is 5.33. The zero-order valence-electron chi connectivity index (χ0n) is 11.8. The van der Waals surface area contributed by atoms with Crippen LogP contribution in [0.5, 0.6) is 5.75 Å². The monoisotopic (exact) mass is 268 g/mol. The van der Waals surface area contributed by atoms with Crippen molar-refractivity contribution in [1.29, 1.82) is 0 Å². The molecule has 20 heavy (non-hydrogen) atoms. The van der Waals surface area contributed by atoms with Gasteiger partial charge in [0.15, 0.2) is 0 Å². The summed E-state index contributed by atoms with van der Waals surface area (Å²) in [5.41, 5.74) is 2.18. The Morgan fingerprint density at radius 3 is 2.80 bits per heavy atom. The molecule has 3 nitrogen and oxygen atoms in total. The maximum absolute atomic E-state index is 5.65. The molecule has 0 unspecified atom stereocenters. The van der Waals surface area contributed by atoms with E-state index >= 15 is 0 Å². The fourth-order valence-corrected chi connectivity index (χ4v) is 1.94. The van der Waals surface area contributed by atoms with Crippen LogP contribution in [0.1, 0.15) is 24.2 Å². The van der Waals surface area contributed by atoms with Gasteiger partial charge in [0.25, 0.3) is 0 Å². The van der Waals surface area contributed by atoms with Crippen molar-refractivity contribution >= 4 is 0 Å². The highest BCUT2D eigenvalue weighted by molar-refractivity contribution is 5.33. The van der Waals surface area contributed by atoms with Crippen LogP contribution in [0, 0.1) is 0 Å². The van der Waals surface area contributed by atoms with Gasteiger partial charge in [-0.25, -0.2) is 0 Å². The topological polar surface area (TPSA) is 34.1 Å². The molecule has 1 aromatic heterocycles. The molecule has 1 heterocycles. The number of nitrogens with one attached hydrogen (secondary N) is 1. The quantitative estimate of drug-likeness (QED) is 0.780. The van der Waals surface area contributed by atoms with Crippen LogP contribution >= 0.6 is 0 Å². The first-order valence-corrected chi connectivity index (χ1v) is 6.77. The van der Waals surface area contributed by atoms with Gasteiger partial charge in [0.05, 0.1) is 5.69 Å². The second-order valence-electron chi connectivity index (χ2n) is 4.56. The molecule has 0 aliphatic rings. The molecule has 0 saturated heterocycles. The van der Waals surface area contributed by atoms with Crippen molar-refractivity contribution in [1.82, 2.24) is 10.3 Å². The van der Waals surface area contributed by atoms with Gasteiger partial charge in [-0.2, -0.15) is 0 Å². The Morgan fingerprint density at radius 2 is 2.05 bits per heavy atom. The minimum atomic E-state index is 0.198. The van der Waals surface area contributed by atoms with Crippen LogP contribution in [0.3, 0.4) is 0 Å². The summed E-state index contributed by atoms with van der Waals surface area (Å²) in [5, 5.41) is 3.46. The number of para-hydroxylation sites is 1. The Labute approximate surface area is 120 Å². The zero-order valence-corrected chi connectivity index (χ0v) is 11.8. The van der Waals surface area contributed by atoms with Crippen LogP contribution in [0.25, 0.3) is 0 Å². The minimum Gasteiger partial charge on any atom is -0.489 e. The number of ether oxygens (including phenoxy) is 1. The fraction of sp³-hybridized carbons (Fsp3) is 0.235. The third-order valence-corrected chi connectivity index (χ3v) is 3.06. The predicted octanol–water partition coefficient (Wildman–Crippen LogP) is 3.50. The lowest BCUT2D eigenvalue weighted by atomic mass is 10.1. The molecule has 104 valence electrons. The van der Waals surface area contributed by atoms with Crippen LogP contribution in [0.2, 0.25) is 0 Å². The maximum atomic E-state index is 5.65. The van der Waals surface area contributed by atoms with E-state index in [2.05, 4.69) is 29.9 Å². The lowest BCUT2D eigenvalue weighted by Crippen LogP contribution is -2.19. The number of nitrogens with zero attached hydrogens (tertiary/aromatic N) is 1. The highest BCUT2D eigenvalue weighted by Crippen LogP contribution is 2.19. The normalized spacial score (nSPS) is 11.8. The summed E-state index contributed by atoms with van der Waals surface area (Å²) in [6.45, 7) is 7.04. The zero-order chi connectivity index (χ0) is 14.2. The van der Waals surface area contributed by atoms with Crippen molar-refractivity contribution in [3.8, 4) is 5.75 Å². The minimum absolute atomic E-state index is 0.198. The molecule has 0 bridgehead atoms. The number of aromatic nitrogens is 1. The third kappa shape index (κ3) is 3.93. The summed E-state index contributed by atoms with van der Waals surface area (Å²) < 4.78 is 5.65.